The second kappa shape index (κ2) is 5.18. The van der Waals surface area contributed by atoms with Crippen LogP contribution in [0.3, 0.4) is 0 Å². The van der Waals surface area contributed by atoms with Gasteiger partial charge in [-0.25, -0.2) is 8.78 Å². The van der Waals surface area contributed by atoms with Gasteiger partial charge in [-0.3, -0.25) is 4.79 Å². The van der Waals surface area contributed by atoms with Crippen molar-refractivity contribution in [3.05, 3.63) is 64.7 Å². The molecule has 0 heterocycles. The SMILES string of the molecule is COc1ccc(C(=O)c2cc(C)cc(F)c2)cc1F. The van der Waals surface area contributed by atoms with Crippen LogP contribution in [-0.2, 0) is 0 Å². The molecule has 2 aromatic rings. The molecule has 19 heavy (non-hydrogen) atoms. The molecule has 0 aliphatic carbocycles. The Labute approximate surface area is 109 Å². The van der Waals surface area contributed by atoms with Gasteiger partial charge >= 0.3 is 0 Å². The van der Waals surface area contributed by atoms with E-state index in [1.165, 1.54) is 25.3 Å². The molecule has 0 aromatic heterocycles. The molecule has 0 saturated heterocycles. The Kier molecular flexibility index (Phi) is 3.60. The Morgan fingerprint density at radius 2 is 1.79 bits per heavy atom. The number of rotatable bonds is 3. The molecule has 98 valence electrons. The molecule has 0 aliphatic rings. The minimum atomic E-state index is -0.624. The van der Waals surface area contributed by atoms with Crippen LogP contribution in [0.2, 0.25) is 0 Å². The number of carbonyl (C=O) groups excluding carboxylic acids is 1. The van der Waals surface area contributed by atoms with Gasteiger partial charge in [0.15, 0.2) is 17.3 Å². The molecule has 0 amide bonds. The lowest BCUT2D eigenvalue weighted by Gasteiger charge is -2.06. The molecule has 0 saturated carbocycles. The van der Waals surface area contributed by atoms with E-state index in [9.17, 15) is 13.6 Å². The van der Waals surface area contributed by atoms with E-state index in [1.54, 1.807) is 13.0 Å². The van der Waals surface area contributed by atoms with Gasteiger partial charge in [-0.05, 0) is 48.9 Å². The van der Waals surface area contributed by atoms with Crippen LogP contribution >= 0.6 is 0 Å². The maximum atomic E-state index is 13.5. The third-order valence-electron chi connectivity index (χ3n) is 2.72. The Bertz CT molecular complexity index is 616. The maximum absolute atomic E-state index is 13.5. The van der Waals surface area contributed by atoms with Crippen LogP contribution in [0.4, 0.5) is 8.78 Å². The maximum Gasteiger partial charge on any atom is 0.193 e. The predicted molar refractivity (Wildman–Crippen MR) is 67.5 cm³/mol. The molecule has 0 unspecified atom stereocenters. The van der Waals surface area contributed by atoms with Crippen LogP contribution in [0.1, 0.15) is 21.5 Å². The first-order chi connectivity index (χ1) is 9.01. The highest BCUT2D eigenvalue weighted by Crippen LogP contribution is 2.20. The highest BCUT2D eigenvalue weighted by molar-refractivity contribution is 6.09. The van der Waals surface area contributed by atoms with Crippen molar-refractivity contribution in [2.45, 2.75) is 6.92 Å². The van der Waals surface area contributed by atoms with E-state index in [2.05, 4.69) is 0 Å². The molecule has 0 radical (unpaired) electrons. The van der Waals surface area contributed by atoms with Gasteiger partial charge in [0.1, 0.15) is 5.82 Å². The summed E-state index contributed by atoms with van der Waals surface area (Å²) < 4.78 is 31.6. The molecular formula is C15H12F2O2. The van der Waals surface area contributed by atoms with Gasteiger partial charge in [-0.1, -0.05) is 0 Å². The quantitative estimate of drug-likeness (QED) is 0.791. The van der Waals surface area contributed by atoms with E-state index in [-0.39, 0.29) is 16.9 Å². The average molecular weight is 262 g/mol. The van der Waals surface area contributed by atoms with Crippen LogP contribution in [0.5, 0.6) is 5.75 Å². The number of hydrogen-bond acceptors (Lipinski definition) is 2. The zero-order chi connectivity index (χ0) is 14.0. The van der Waals surface area contributed by atoms with Gasteiger partial charge in [0, 0.05) is 11.1 Å². The van der Waals surface area contributed by atoms with Gasteiger partial charge in [-0.15, -0.1) is 0 Å². The first kappa shape index (κ1) is 13.2. The van der Waals surface area contributed by atoms with Crippen LogP contribution in [0.25, 0.3) is 0 Å². The Morgan fingerprint density at radius 1 is 1.05 bits per heavy atom. The van der Waals surface area contributed by atoms with Gasteiger partial charge in [-0.2, -0.15) is 0 Å². The summed E-state index contributed by atoms with van der Waals surface area (Å²) in [6.07, 6.45) is 0. The number of halogens is 2. The number of ketones is 1. The predicted octanol–water partition coefficient (Wildman–Crippen LogP) is 3.51. The van der Waals surface area contributed by atoms with Crippen molar-refractivity contribution in [1.29, 1.82) is 0 Å². The number of hydrogen-bond donors (Lipinski definition) is 0. The lowest BCUT2D eigenvalue weighted by molar-refractivity contribution is 0.103. The van der Waals surface area contributed by atoms with Gasteiger partial charge in [0.25, 0.3) is 0 Å². The second-order valence-electron chi connectivity index (χ2n) is 4.20. The largest absolute Gasteiger partial charge is 0.494 e. The standard InChI is InChI=1S/C15H12F2O2/c1-9-5-11(7-12(16)6-9)15(18)10-3-4-14(19-2)13(17)8-10/h3-8H,1-2H3. The summed E-state index contributed by atoms with van der Waals surface area (Å²) in [5.41, 5.74) is 0.989. The monoisotopic (exact) mass is 262 g/mol. The zero-order valence-corrected chi connectivity index (χ0v) is 10.5. The van der Waals surface area contributed by atoms with E-state index in [0.717, 1.165) is 12.1 Å². The molecule has 0 atom stereocenters. The zero-order valence-electron chi connectivity index (χ0n) is 10.5. The number of ether oxygens (including phenoxy) is 1. The summed E-state index contributed by atoms with van der Waals surface area (Å²) in [4.78, 5) is 12.1. The number of aryl methyl sites for hydroxylation is 1. The van der Waals surface area contributed by atoms with Crippen LogP contribution in [-0.4, -0.2) is 12.9 Å². The number of methoxy groups -OCH3 is 1. The summed E-state index contributed by atoms with van der Waals surface area (Å²) in [5, 5.41) is 0. The smallest absolute Gasteiger partial charge is 0.193 e. The normalized spacial score (nSPS) is 10.3. The number of benzene rings is 2. The molecule has 4 heteroatoms. The van der Waals surface area contributed by atoms with Gasteiger partial charge < -0.3 is 4.74 Å². The van der Waals surface area contributed by atoms with Gasteiger partial charge in [0.2, 0.25) is 0 Å². The van der Waals surface area contributed by atoms with Crippen LogP contribution in [0, 0.1) is 18.6 Å². The summed E-state index contributed by atoms with van der Waals surface area (Å²) in [7, 11) is 1.34. The minimum Gasteiger partial charge on any atom is -0.494 e. The van der Waals surface area contributed by atoms with E-state index < -0.39 is 17.4 Å². The lowest BCUT2D eigenvalue weighted by atomic mass is 10.0. The number of carbonyl (C=O) groups is 1. The van der Waals surface area contributed by atoms with E-state index in [1.807, 2.05) is 0 Å². The Morgan fingerprint density at radius 3 is 2.37 bits per heavy atom. The summed E-state index contributed by atoms with van der Waals surface area (Å²) >= 11 is 0. The Hall–Kier alpha value is -2.23. The molecule has 2 rings (SSSR count). The topological polar surface area (TPSA) is 26.3 Å². The summed E-state index contributed by atoms with van der Waals surface area (Å²) in [5.74, 6) is -1.48. The molecule has 0 aliphatic heterocycles. The van der Waals surface area contributed by atoms with Crippen molar-refractivity contribution < 1.29 is 18.3 Å². The molecule has 0 N–H and O–H groups in total. The highest BCUT2D eigenvalue weighted by atomic mass is 19.1. The fourth-order valence-corrected chi connectivity index (χ4v) is 1.84. The summed E-state index contributed by atoms with van der Waals surface area (Å²) in [6, 6.07) is 7.93. The minimum absolute atomic E-state index is 0.0620. The fourth-order valence-electron chi connectivity index (χ4n) is 1.84. The van der Waals surface area contributed by atoms with Crippen LogP contribution in [0.15, 0.2) is 36.4 Å². The molecule has 2 aromatic carbocycles. The molecular weight excluding hydrogens is 250 g/mol. The molecule has 2 nitrogen and oxygen atoms in total. The second-order valence-corrected chi connectivity index (χ2v) is 4.20. The lowest BCUT2D eigenvalue weighted by Crippen LogP contribution is -2.03. The van der Waals surface area contributed by atoms with Gasteiger partial charge in [0.05, 0.1) is 7.11 Å². The van der Waals surface area contributed by atoms with E-state index in [4.69, 9.17) is 4.74 Å². The first-order valence-electron chi connectivity index (χ1n) is 5.66. The van der Waals surface area contributed by atoms with Crippen molar-refractivity contribution in [2.24, 2.45) is 0 Å². The van der Waals surface area contributed by atoms with Crippen molar-refractivity contribution >= 4 is 5.78 Å². The van der Waals surface area contributed by atoms with Crippen molar-refractivity contribution in [2.75, 3.05) is 7.11 Å². The van der Waals surface area contributed by atoms with E-state index in [0.29, 0.717) is 5.56 Å². The third-order valence-corrected chi connectivity index (χ3v) is 2.72. The average Bonchev–Trinajstić information content (AvgIpc) is 2.36. The fraction of sp³-hybridized carbons (Fsp3) is 0.133. The van der Waals surface area contributed by atoms with E-state index >= 15 is 0 Å². The molecule has 0 bridgehead atoms. The molecule has 0 fully saturated rings. The third kappa shape index (κ3) is 2.78. The summed E-state index contributed by atoms with van der Waals surface area (Å²) in [6.45, 7) is 1.69. The van der Waals surface area contributed by atoms with Crippen molar-refractivity contribution in [3.63, 3.8) is 0 Å². The first-order valence-corrected chi connectivity index (χ1v) is 5.66. The molecule has 0 spiro atoms. The van der Waals surface area contributed by atoms with Crippen LogP contribution < -0.4 is 4.74 Å². The highest BCUT2D eigenvalue weighted by Gasteiger charge is 2.13. The Balaban J connectivity index is 2.41. The van der Waals surface area contributed by atoms with Crippen molar-refractivity contribution in [3.8, 4) is 5.75 Å². The van der Waals surface area contributed by atoms with Crippen molar-refractivity contribution in [1.82, 2.24) is 0 Å².